The van der Waals surface area contributed by atoms with Gasteiger partial charge in [-0.3, -0.25) is 19.4 Å². The smallest absolute Gasteiger partial charge is 0.291 e. The first-order chi connectivity index (χ1) is 12.1. The van der Waals surface area contributed by atoms with Crippen molar-refractivity contribution in [2.24, 2.45) is 5.92 Å². The molecule has 2 aromatic rings. The van der Waals surface area contributed by atoms with Crippen molar-refractivity contribution in [1.82, 2.24) is 4.90 Å². The Kier molecular flexibility index (Phi) is 3.33. The van der Waals surface area contributed by atoms with Crippen molar-refractivity contribution in [1.29, 1.82) is 0 Å². The number of ketones is 1. The highest BCUT2D eigenvalue weighted by atomic mass is 32.1. The van der Waals surface area contributed by atoms with E-state index in [0.717, 1.165) is 13.0 Å². The van der Waals surface area contributed by atoms with Crippen molar-refractivity contribution in [3.8, 4) is 0 Å². The fourth-order valence-corrected chi connectivity index (χ4v) is 5.03. The number of nitrogens with zero attached hydrogens (tertiary/aromatic N) is 2. The van der Waals surface area contributed by atoms with E-state index in [0.29, 0.717) is 24.3 Å². The molecule has 6 heteroatoms. The Morgan fingerprint density at radius 2 is 2.04 bits per heavy atom. The minimum absolute atomic E-state index is 0.182. The summed E-state index contributed by atoms with van der Waals surface area (Å²) in [5, 5.41) is 2.14. The molecule has 1 fully saturated rings. The van der Waals surface area contributed by atoms with Gasteiger partial charge in [0.1, 0.15) is 5.82 Å². The zero-order valence-corrected chi connectivity index (χ0v) is 14.4. The number of carbonyl (C=O) groups excluding carboxylic acids is 2. The minimum Gasteiger partial charge on any atom is -0.291 e. The highest BCUT2D eigenvalue weighted by Gasteiger charge is 2.43. The molecule has 0 bridgehead atoms. The summed E-state index contributed by atoms with van der Waals surface area (Å²) in [6.45, 7) is 1.27. The monoisotopic (exact) mass is 356 g/mol. The van der Waals surface area contributed by atoms with E-state index in [1.165, 1.54) is 40.3 Å². The number of thiophene rings is 1. The number of carbonyl (C=O) groups is 2. The molecule has 0 saturated heterocycles. The van der Waals surface area contributed by atoms with E-state index in [1.54, 1.807) is 6.07 Å². The lowest BCUT2D eigenvalue weighted by Gasteiger charge is -2.38. The summed E-state index contributed by atoms with van der Waals surface area (Å²) in [5.74, 6) is -1.01. The fraction of sp³-hybridized carbons (Fsp3) is 0.368. The van der Waals surface area contributed by atoms with Crippen molar-refractivity contribution in [2.45, 2.75) is 25.3 Å². The number of benzene rings is 1. The van der Waals surface area contributed by atoms with Crippen LogP contribution in [0.2, 0.25) is 0 Å². The van der Waals surface area contributed by atoms with Gasteiger partial charge in [-0.05, 0) is 60.4 Å². The molecule has 4 nitrogen and oxygen atoms in total. The van der Waals surface area contributed by atoms with Crippen molar-refractivity contribution in [2.75, 3.05) is 18.1 Å². The molecular formula is C19H17FN2O2S. The number of rotatable bonds is 3. The van der Waals surface area contributed by atoms with E-state index in [1.807, 2.05) is 11.3 Å². The van der Waals surface area contributed by atoms with Gasteiger partial charge in [0.2, 0.25) is 0 Å². The summed E-state index contributed by atoms with van der Waals surface area (Å²) in [7, 11) is 0. The molecule has 1 saturated carbocycles. The lowest BCUT2D eigenvalue weighted by molar-refractivity contribution is -0.114. The molecule has 3 heterocycles. The molecule has 0 unspecified atom stereocenters. The number of fused-ring (bicyclic) bond motifs is 2. The van der Waals surface area contributed by atoms with Gasteiger partial charge in [0.25, 0.3) is 5.78 Å². The van der Waals surface area contributed by atoms with E-state index in [4.69, 9.17) is 0 Å². The lowest BCUT2D eigenvalue weighted by Crippen LogP contribution is -2.45. The average Bonchev–Trinajstić information content (AvgIpc) is 3.29. The van der Waals surface area contributed by atoms with Crippen LogP contribution in [0.25, 0.3) is 0 Å². The van der Waals surface area contributed by atoms with Crippen LogP contribution in [0.15, 0.2) is 29.6 Å². The average molecular weight is 356 g/mol. The van der Waals surface area contributed by atoms with Crippen LogP contribution in [-0.4, -0.2) is 29.8 Å². The highest BCUT2D eigenvalue weighted by Crippen LogP contribution is 2.48. The molecule has 1 amide bonds. The third kappa shape index (κ3) is 2.35. The first kappa shape index (κ1) is 15.2. The number of hydrogen-bond donors (Lipinski definition) is 0. The van der Waals surface area contributed by atoms with Crippen molar-refractivity contribution in [3.05, 3.63) is 51.5 Å². The maximum absolute atomic E-state index is 13.5. The van der Waals surface area contributed by atoms with Gasteiger partial charge in [0.05, 0.1) is 17.9 Å². The van der Waals surface area contributed by atoms with Gasteiger partial charge in [0.15, 0.2) is 0 Å². The molecule has 0 N–H and O–H groups in total. The molecule has 1 atom stereocenters. The standard InChI is InChI=1S/C19H17FN2O2S/c20-12-3-4-15-14(9-12)18(23)19(24)22(15)10-21-7-5-16-13(6-8-25-16)17(21)11-1-2-11/h3-4,6,8-9,11,17H,1-2,5,7,10H2/t17-/m0/s1. The van der Waals surface area contributed by atoms with Crippen molar-refractivity contribution < 1.29 is 14.0 Å². The van der Waals surface area contributed by atoms with Gasteiger partial charge >= 0.3 is 5.91 Å². The van der Waals surface area contributed by atoms with Crippen LogP contribution in [0.3, 0.4) is 0 Å². The van der Waals surface area contributed by atoms with Crippen LogP contribution < -0.4 is 4.90 Å². The van der Waals surface area contributed by atoms with E-state index in [9.17, 15) is 14.0 Å². The molecule has 25 heavy (non-hydrogen) atoms. The SMILES string of the molecule is O=C1C(=O)N(CN2CCc3sccc3[C@@H]2C2CC2)c2ccc(F)cc21. The molecule has 1 aromatic carbocycles. The van der Waals surface area contributed by atoms with E-state index in [-0.39, 0.29) is 5.56 Å². The van der Waals surface area contributed by atoms with Crippen molar-refractivity contribution >= 4 is 28.7 Å². The Balaban J connectivity index is 1.48. The summed E-state index contributed by atoms with van der Waals surface area (Å²) < 4.78 is 13.5. The van der Waals surface area contributed by atoms with Crippen LogP contribution in [0, 0.1) is 11.7 Å². The van der Waals surface area contributed by atoms with Gasteiger partial charge in [0, 0.05) is 17.5 Å². The number of anilines is 1. The number of Topliss-reactive ketones (excluding diaryl/α,β-unsaturated/α-hetero) is 1. The molecule has 2 aliphatic heterocycles. The highest BCUT2D eigenvalue weighted by molar-refractivity contribution is 7.10. The van der Waals surface area contributed by atoms with Crippen LogP contribution >= 0.6 is 11.3 Å². The van der Waals surface area contributed by atoms with Crippen molar-refractivity contribution in [3.63, 3.8) is 0 Å². The Labute approximate surface area is 148 Å². The van der Waals surface area contributed by atoms with Crippen LogP contribution in [-0.2, 0) is 11.2 Å². The fourth-order valence-electron chi connectivity index (χ4n) is 4.12. The second kappa shape index (κ2) is 5.47. The van der Waals surface area contributed by atoms with Crippen LogP contribution in [0.4, 0.5) is 10.1 Å². The zero-order valence-electron chi connectivity index (χ0n) is 13.6. The molecule has 5 rings (SSSR count). The molecule has 0 spiro atoms. The summed E-state index contributed by atoms with van der Waals surface area (Å²) in [6, 6.07) is 6.54. The lowest BCUT2D eigenvalue weighted by atomic mass is 9.96. The number of halogens is 1. The van der Waals surface area contributed by atoms with E-state index >= 15 is 0 Å². The van der Waals surface area contributed by atoms with Gasteiger partial charge in [-0.2, -0.15) is 0 Å². The first-order valence-corrected chi connectivity index (χ1v) is 9.47. The largest absolute Gasteiger partial charge is 0.300 e. The zero-order chi connectivity index (χ0) is 17.1. The Morgan fingerprint density at radius 1 is 1.20 bits per heavy atom. The Hall–Kier alpha value is -2.05. The third-order valence-corrected chi connectivity index (χ3v) is 6.44. The van der Waals surface area contributed by atoms with Gasteiger partial charge in [-0.1, -0.05) is 0 Å². The number of amides is 1. The summed E-state index contributed by atoms with van der Waals surface area (Å²) in [5.41, 5.74) is 2.10. The molecule has 1 aliphatic carbocycles. The predicted octanol–water partition coefficient (Wildman–Crippen LogP) is 3.38. The predicted molar refractivity (Wildman–Crippen MR) is 93.3 cm³/mol. The second-order valence-electron chi connectivity index (χ2n) is 7.01. The molecule has 0 radical (unpaired) electrons. The molecule has 1 aromatic heterocycles. The maximum atomic E-state index is 13.5. The molecular weight excluding hydrogens is 339 g/mol. The Bertz CT molecular complexity index is 889. The minimum atomic E-state index is -0.606. The van der Waals surface area contributed by atoms with Crippen LogP contribution in [0.1, 0.15) is 39.7 Å². The normalized spacial score (nSPS) is 23.1. The summed E-state index contributed by atoms with van der Waals surface area (Å²) in [4.78, 5) is 30.0. The maximum Gasteiger partial charge on any atom is 0.300 e. The second-order valence-corrected chi connectivity index (χ2v) is 8.01. The number of hydrogen-bond acceptors (Lipinski definition) is 4. The third-order valence-electron chi connectivity index (χ3n) is 5.44. The van der Waals surface area contributed by atoms with Crippen LogP contribution in [0.5, 0.6) is 0 Å². The van der Waals surface area contributed by atoms with E-state index in [2.05, 4.69) is 16.3 Å². The van der Waals surface area contributed by atoms with Gasteiger partial charge in [-0.25, -0.2) is 4.39 Å². The summed E-state index contributed by atoms with van der Waals surface area (Å²) in [6.07, 6.45) is 3.40. The van der Waals surface area contributed by atoms with Gasteiger partial charge in [-0.15, -0.1) is 11.3 Å². The van der Waals surface area contributed by atoms with Gasteiger partial charge < -0.3 is 0 Å². The quantitative estimate of drug-likeness (QED) is 0.792. The Morgan fingerprint density at radius 3 is 2.84 bits per heavy atom. The molecule has 3 aliphatic rings. The summed E-state index contributed by atoms with van der Waals surface area (Å²) >= 11 is 1.81. The van der Waals surface area contributed by atoms with E-state index < -0.39 is 17.5 Å². The molecule has 128 valence electrons. The topological polar surface area (TPSA) is 40.6 Å². The first-order valence-electron chi connectivity index (χ1n) is 8.59.